The molecule has 0 spiro atoms. The van der Waals surface area contributed by atoms with Gasteiger partial charge in [-0.15, -0.1) is 0 Å². The fourth-order valence-electron chi connectivity index (χ4n) is 5.13. The van der Waals surface area contributed by atoms with Crippen molar-refractivity contribution in [1.29, 1.82) is 0 Å². The van der Waals surface area contributed by atoms with Gasteiger partial charge in [0.15, 0.2) is 11.4 Å². The summed E-state index contributed by atoms with van der Waals surface area (Å²) in [5.41, 5.74) is 6.17. The van der Waals surface area contributed by atoms with Gasteiger partial charge in [-0.2, -0.15) is 5.10 Å². The zero-order valence-electron chi connectivity index (χ0n) is 21.9. The van der Waals surface area contributed by atoms with Gasteiger partial charge in [-0.3, -0.25) is 9.69 Å². The number of methoxy groups -OCH3 is 1. The first-order chi connectivity index (χ1) is 17.3. The van der Waals surface area contributed by atoms with Gasteiger partial charge in [-0.25, -0.2) is 14.5 Å². The highest BCUT2D eigenvalue weighted by Gasteiger charge is 2.25. The van der Waals surface area contributed by atoms with Gasteiger partial charge in [0.1, 0.15) is 12.1 Å². The van der Waals surface area contributed by atoms with E-state index in [4.69, 9.17) is 9.72 Å². The van der Waals surface area contributed by atoms with E-state index in [0.29, 0.717) is 17.9 Å². The molecule has 1 aliphatic heterocycles. The van der Waals surface area contributed by atoms with Crippen LogP contribution in [0.15, 0.2) is 24.8 Å². The third-order valence-electron chi connectivity index (χ3n) is 7.05. The molecule has 1 saturated heterocycles. The molecule has 36 heavy (non-hydrogen) atoms. The predicted molar refractivity (Wildman–Crippen MR) is 141 cm³/mol. The number of anilines is 1. The first-order valence-electron chi connectivity index (χ1n) is 12.3. The van der Waals surface area contributed by atoms with Gasteiger partial charge in [0.25, 0.3) is 0 Å². The molecule has 10 nitrogen and oxygen atoms in total. The highest BCUT2D eigenvalue weighted by Crippen LogP contribution is 2.40. The molecule has 0 atom stereocenters. The summed E-state index contributed by atoms with van der Waals surface area (Å²) < 4.78 is 7.36. The minimum atomic E-state index is 0.140. The number of likely N-dealkylation sites (N-methyl/N-ethyl adjacent to an activating group) is 1. The molecule has 0 aromatic carbocycles. The number of H-pyrrole nitrogens is 1. The van der Waals surface area contributed by atoms with Crippen LogP contribution < -0.4 is 9.64 Å². The molecule has 0 bridgehead atoms. The second kappa shape index (κ2) is 9.42. The number of nitrogens with zero attached hydrogens (tertiary/aromatic N) is 7. The number of aromatic nitrogens is 5. The molecule has 0 radical (unpaired) electrons. The number of piperazine rings is 1. The van der Waals surface area contributed by atoms with Crippen LogP contribution in [0, 0.1) is 6.92 Å². The SMILES string of the molecule is COc1cc(-c2[nH]c3cnc(N4CCN(CC(=O)N(C)C)CC4)c(C)c3c2C(C)C)cn2ncnc12. The lowest BCUT2D eigenvalue weighted by Gasteiger charge is -2.36. The van der Waals surface area contributed by atoms with Crippen LogP contribution in [0.4, 0.5) is 5.82 Å². The molecule has 190 valence electrons. The maximum Gasteiger partial charge on any atom is 0.236 e. The average Bonchev–Trinajstić information content (AvgIpc) is 3.49. The van der Waals surface area contributed by atoms with E-state index < -0.39 is 0 Å². The highest BCUT2D eigenvalue weighted by atomic mass is 16.5. The topological polar surface area (TPSA) is 94.9 Å². The molecule has 1 N–H and O–H groups in total. The quantitative estimate of drug-likeness (QED) is 0.444. The van der Waals surface area contributed by atoms with Crippen molar-refractivity contribution < 1.29 is 9.53 Å². The number of ether oxygens (including phenoxy) is 1. The number of aromatic amines is 1. The smallest absolute Gasteiger partial charge is 0.236 e. The van der Waals surface area contributed by atoms with E-state index in [1.165, 1.54) is 22.8 Å². The highest BCUT2D eigenvalue weighted by molar-refractivity contribution is 5.95. The molecule has 10 heteroatoms. The molecule has 1 fully saturated rings. The summed E-state index contributed by atoms with van der Waals surface area (Å²) >= 11 is 0. The van der Waals surface area contributed by atoms with E-state index in [0.717, 1.165) is 48.8 Å². The molecule has 1 aliphatic rings. The molecule has 5 rings (SSSR count). The second-order valence-corrected chi connectivity index (χ2v) is 9.94. The summed E-state index contributed by atoms with van der Waals surface area (Å²) in [6.45, 7) is 10.4. The van der Waals surface area contributed by atoms with Gasteiger partial charge >= 0.3 is 0 Å². The maximum atomic E-state index is 12.1. The Labute approximate surface area is 210 Å². The van der Waals surface area contributed by atoms with Gasteiger partial charge < -0.3 is 19.5 Å². The zero-order chi connectivity index (χ0) is 25.6. The third-order valence-corrected chi connectivity index (χ3v) is 7.05. The number of pyridine rings is 2. The Morgan fingerprint density at radius 3 is 2.61 bits per heavy atom. The number of hydrogen-bond donors (Lipinski definition) is 1. The number of fused-ring (bicyclic) bond motifs is 2. The lowest BCUT2D eigenvalue weighted by atomic mass is 9.95. The lowest BCUT2D eigenvalue weighted by Crippen LogP contribution is -2.49. The first-order valence-corrected chi connectivity index (χ1v) is 12.3. The summed E-state index contributed by atoms with van der Waals surface area (Å²) in [6, 6.07) is 2.01. The van der Waals surface area contributed by atoms with E-state index >= 15 is 0 Å². The molecular formula is C26H34N8O2. The summed E-state index contributed by atoms with van der Waals surface area (Å²) in [5.74, 6) is 2.12. The number of hydrogen-bond acceptors (Lipinski definition) is 7. The number of nitrogens with one attached hydrogen (secondary N) is 1. The fraction of sp³-hybridized carbons (Fsp3) is 0.462. The molecule has 0 aliphatic carbocycles. The maximum absolute atomic E-state index is 12.1. The van der Waals surface area contributed by atoms with Gasteiger partial charge in [0.05, 0.1) is 31.1 Å². The van der Waals surface area contributed by atoms with Crippen molar-refractivity contribution in [3.63, 3.8) is 0 Å². The lowest BCUT2D eigenvalue weighted by molar-refractivity contribution is -0.129. The van der Waals surface area contributed by atoms with Crippen LogP contribution in [0.1, 0.15) is 30.9 Å². The van der Waals surface area contributed by atoms with Crippen molar-refractivity contribution in [2.75, 3.05) is 58.8 Å². The summed E-state index contributed by atoms with van der Waals surface area (Å²) in [7, 11) is 5.26. The number of carbonyl (C=O) groups excluding carboxylic acids is 1. The largest absolute Gasteiger partial charge is 0.493 e. The zero-order valence-corrected chi connectivity index (χ0v) is 21.9. The Balaban J connectivity index is 1.51. The van der Waals surface area contributed by atoms with Crippen molar-refractivity contribution in [3.05, 3.63) is 35.9 Å². The van der Waals surface area contributed by atoms with Gasteiger partial charge in [0.2, 0.25) is 5.91 Å². The van der Waals surface area contributed by atoms with Crippen LogP contribution in [0.3, 0.4) is 0 Å². The van der Waals surface area contributed by atoms with Crippen molar-refractivity contribution in [2.24, 2.45) is 0 Å². The number of carbonyl (C=O) groups is 1. The first kappa shape index (κ1) is 24.1. The summed E-state index contributed by atoms with van der Waals surface area (Å²) in [5, 5.41) is 5.55. The second-order valence-electron chi connectivity index (χ2n) is 9.94. The number of rotatable bonds is 6. The summed E-state index contributed by atoms with van der Waals surface area (Å²) in [6.07, 6.45) is 5.46. The number of aryl methyl sites for hydroxylation is 1. The van der Waals surface area contributed by atoms with Crippen molar-refractivity contribution in [1.82, 2.24) is 34.4 Å². The standard InChI is InChI=1S/C26H34N8O2/c1-16(2)22-23-17(3)25(33-9-7-32(8-10-33)14-21(35)31(4)5)27-12-19(23)30-24(22)18-11-20(36-6)26-28-15-29-34(26)13-18/h11-13,15-16,30H,7-10,14H2,1-6H3. The van der Waals surface area contributed by atoms with E-state index in [1.54, 1.807) is 30.6 Å². The van der Waals surface area contributed by atoms with Crippen LogP contribution in [0.25, 0.3) is 27.8 Å². The van der Waals surface area contributed by atoms with E-state index in [9.17, 15) is 4.79 Å². The van der Waals surface area contributed by atoms with Gasteiger partial charge in [-0.05, 0) is 24.5 Å². The Kier molecular flexibility index (Phi) is 6.29. The number of amides is 1. The van der Waals surface area contributed by atoms with Gasteiger partial charge in [0, 0.05) is 63.0 Å². The van der Waals surface area contributed by atoms with Crippen LogP contribution in [0.5, 0.6) is 5.75 Å². The van der Waals surface area contributed by atoms with E-state index in [1.807, 2.05) is 18.5 Å². The van der Waals surface area contributed by atoms with Gasteiger partial charge in [-0.1, -0.05) is 13.8 Å². The van der Waals surface area contributed by atoms with E-state index in [2.05, 4.69) is 45.6 Å². The normalized spacial score (nSPS) is 14.8. The predicted octanol–water partition coefficient (Wildman–Crippen LogP) is 2.92. The Hall–Kier alpha value is -3.66. The molecule has 0 unspecified atom stereocenters. The average molecular weight is 491 g/mol. The van der Waals surface area contributed by atoms with Crippen LogP contribution in [-0.4, -0.2) is 94.2 Å². The molecule has 5 heterocycles. The van der Waals surface area contributed by atoms with Crippen LogP contribution in [-0.2, 0) is 4.79 Å². The fourth-order valence-corrected chi connectivity index (χ4v) is 5.13. The summed E-state index contributed by atoms with van der Waals surface area (Å²) in [4.78, 5) is 31.1. The Morgan fingerprint density at radius 2 is 1.94 bits per heavy atom. The molecule has 4 aromatic heterocycles. The Morgan fingerprint density at radius 1 is 1.19 bits per heavy atom. The van der Waals surface area contributed by atoms with Crippen molar-refractivity contribution in [3.8, 4) is 17.0 Å². The van der Waals surface area contributed by atoms with Crippen LogP contribution in [0.2, 0.25) is 0 Å². The van der Waals surface area contributed by atoms with E-state index in [-0.39, 0.29) is 11.8 Å². The molecule has 1 amide bonds. The monoisotopic (exact) mass is 490 g/mol. The molecular weight excluding hydrogens is 456 g/mol. The molecule has 0 saturated carbocycles. The van der Waals surface area contributed by atoms with Crippen LogP contribution >= 0.6 is 0 Å². The van der Waals surface area contributed by atoms with Crippen molar-refractivity contribution >= 4 is 28.3 Å². The Bertz CT molecular complexity index is 1410. The minimum Gasteiger partial charge on any atom is -0.493 e. The van der Waals surface area contributed by atoms with Crippen molar-refractivity contribution in [2.45, 2.75) is 26.7 Å². The minimum absolute atomic E-state index is 0.140. The third kappa shape index (κ3) is 4.15. The molecule has 4 aromatic rings.